The Balaban J connectivity index is 1.34. The minimum atomic E-state index is -1.27. The second-order valence-corrected chi connectivity index (χ2v) is 9.58. The molecule has 2 aromatic heterocycles. The second-order valence-electron chi connectivity index (χ2n) is 9.58. The highest BCUT2D eigenvalue weighted by molar-refractivity contribution is 6.28. The number of nitrogens with zero attached hydrogens (tertiary/aromatic N) is 4. The zero-order valence-electron chi connectivity index (χ0n) is 20.8. The van der Waals surface area contributed by atoms with Gasteiger partial charge in [-0.25, -0.2) is 4.98 Å². The normalized spacial score (nSPS) is 14.4. The van der Waals surface area contributed by atoms with Crippen molar-refractivity contribution in [3.8, 4) is 11.3 Å². The van der Waals surface area contributed by atoms with Crippen molar-refractivity contribution in [1.82, 2.24) is 10.1 Å². The lowest BCUT2D eigenvalue weighted by Crippen LogP contribution is -2.47. The van der Waals surface area contributed by atoms with E-state index in [1.165, 1.54) is 12.1 Å². The molecule has 39 heavy (non-hydrogen) atoms. The average molecular weight is 517 g/mol. The summed E-state index contributed by atoms with van der Waals surface area (Å²) in [6, 6.07) is 21.5. The second kappa shape index (κ2) is 8.98. The van der Waals surface area contributed by atoms with E-state index in [0.29, 0.717) is 44.7 Å². The van der Waals surface area contributed by atoms with Crippen LogP contribution >= 0.6 is 0 Å². The van der Waals surface area contributed by atoms with Gasteiger partial charge in [-0.05, 0) is 35.9 Å². The van der Waals surface area contributed by atoms with Gasteiger partial charge in [0, 0.05) is 49.2 Å². The molecule has 9 nitrogen and oxygen atoms in total. The molecule has 192 valence electrons. The van der Waals surface area contributed by atoms with E-state index in [-0.39, 0.29) is 11.3 Å². The maximum atomic E-state index is 13.8. The molecule has 3 aromatic carbocycles. The summed E-state index contributed by atoms with van der Waals surface area (Å²) in [4.78, 5) is 34.3. The van der Waals surface area contributed by atoms with Crippen molar-refractivity contribution in [3.63, 3.8) is 0 Å². The predicted octanol–water partition coefficient (Wildman–Crippen LogP) is 3.87. The Morgan fingerprint density at radius 2 is 1.67 bits per heavy atom. The van der Waals surface area contributed by atoms with Crippen LogP contribution in [0, 0.1) is 0 Å². The summed E-state index contributed by atoms with van der Waals surface area (Å²) in [5, 5.41) is 19.9. The maximum Gasteiger partial charge on any atom is 0.196 e. The summed E-state index contributed by atoms with van der Waals surface area (Å²) in [5.74, 6) is 0.0773. The maximum absolute atomic E-state index is 13.8. The number of carboxylic acid groups (broad SMARTS) is 1. The quantitative estimate of drug-likeness (QED) is 0.365. The van der Waals surface area contributed by atoms with Crippen LogP contribution in [0.3, 0.4) is 0 Å². The largest absolute Gasteiger partial charge is 0.545 e. The van der Waals surface area contributed by atoms with Crippen LogP contribution < -0.4 is 20.2 Å². The van der Waals surface area contributed by atoms with Crippen LogP contribution in [0.2, 0.25) is 0 Å². The third-order valence-electron chi connectivity index (χ3n) is 7.35. The third-order valence-corrected chi connectivity index (χ3v) is 7.35. The summed E-state index contributed by atoms with van der Waals surface area (Å²) in [7, 11) is 0. The van der Waals surface area contributed by atoms with Crippen molar-refractivity contribution in [3.05, 3.63) is 95.7 Å². The lowest BCUT2D eigenvalue weighted by molar-refractivity contribution is -0.255. The molecule has 0 bridgehead atoms. The van der Waals surface area contributed by atoms with Crippen molar-refractivity contribution < 1.29 is 19.2 Å². The molecule has 0 spiro atoms. The highest BCUT2D eigenvalue weighted by Crippen LogP contribution is 2.46. The van der Waals surface area contributed by atoms with Crippen LogP contribution in [0.1, 0.15) is 26.3 Å². The Kier molecular flexibility index (Phi) is 5.29. The Labute approximate surface area is 223 Å². The summed E-state index contributed by atoms with van der Waals surface area (Å²) in [6.07, 6.45) is 1.79. The number of aromatic nitrogens is 2. The highest BCUT2D eigenvalue weighted by atomic mass is 16.5. The van der Waals surface area contributed by atoms with Gasteiger partial charge in [-0.15, -0.1) is 0 Å². The first kappa shape index (κ1) is 23.0. The SMILES string of the molecule is O=C([O-])c1cccc(Nc2cc(N3CCN(c4ccccn4)CC3)c3noc4c3c2C(=O)c2ccccc2-4)c1. The first-order valence-electron chi connectivity index (χ1n) is 12.7. The van der Waals surface area contributed by atoms with Gasteiger partial charge < -0.3 is 29.5 Å². The Morgan fingerprint density at radius 1 is 0.897 bits per heavy atom. The number of hydrogen-bond donors (Lipinski definition) is 1. The fourth-order valence-electron chi connectivity index (χ4n) is 5.48. The lowest BCUT2D eigenvalue weighted by atomic mass is 9.86. The number of carboxylic acids is 1. The molecule has 5 aromatic rings. The van der Waals surface area contributed by atoms with Crippen molar-refractivity contribution in [1.29, 1.82) is 0 Å². The minimum absolute atomic E-state index is 0.0444. The Bertz CT molecular complexity index is 1760. The van der Waals surface area contributed by atoms with Crippen molar-refractivity contribution in [2.24, 2.45) is 0 Å². The smallest absolute Gasteiger partial charge is 0.196 e. The first-order chi connectivity index (χ1) is 19.1. The predicted molar refractivity (Wildman–Crippen MR) is 146 cm³/mol. The number of nitrogens with one attached hydrogen (secondary N) is 1. The number of carbonyl (C=O) groups excluding carboxylic acids is 2. The average Bonchev–Trinajstić information content (AvgIpc) is 3.42. The highest BCUT2D eigenvalue weighted by Gasteiger charge is 2.34. The Morgan fingerprint density at radius 3 is 2.44 bits per heavy atom. The number of pyridine rings is 1. The van der Waals surface area contributed by atoms with E-state index in [0.717, 1.165) is 37.7 Å². The van der Waals surface area contributed by atoms with E-state index in [2.05, 4.69) is 25.3 Å². The molecule has 1 aliphatic heterocycles. The van der Waals surface area contributed by atoms with Crippen LogP contribution in [-0.4, -0.2) is 48.1 Å². The third kappa shape index (κ3) is 3.78. The van der Waals surface area contributed by atoms with Crippen molar-refractivity contribution >= 4 is 45.5 Å². The molecule has 0 atom stereocenters. The molecule has 1 fully saturated rings. The molecule has 0 radical (unpaired) electrons. The summed E-state index contributed by atoms with van der Waals surface area (Å²) < 4.78 is 5.89. The van der Waals surface area contributed by atoms with Gasteiger partial charge in [-0.3, -0.25) is 4.79 Å². The van der Waals surface area contributed by atoms with Crippen molar-refractivity contribution in [2.75, 3.05) is 41.3 Å². The molecule has 9 heteroatoms. The summed E-state index contributed by atoms with van der Waals surface area (Å²) >= 11 is 0. The number of piperazine rings is 1. The molecule has 1 saturated heterocycles. The van der Waals surface area contributed by atoms with E-state index in [4.69, 9.17) is 4.52 Å². The molecular weight excluding hydrogens is 494 g/mol. The van der Waals surface area contributed by atoms with Crippen LogP contribution in [0.5, 0.6) is 0 Å². The van der Waals surface area contributed by atoms with Gasteiger partial charge >= 0.3 is 0 Å². The van der Waals surface area contributed by atoms with Crippen LogP contribution in [0.4, 0.5) is 22.9 Å². The summed E-state index contributed by atoms with van der Waals surface area (Å²) in [5.41, 5.74) is 4.30. The van der Waals surface area contributed by atoms with Crippen LogP contribution in [-0.2, 0) is 0 Å². The number of anilines is 4. The van der Waals surface area contributed by atoms with Crippen LogP contribution in [0.25, 0.3) is 22.2 Å². The number of ketones is 1. The van der Waals surface area contributed by atoms with Crippen LogP contribution in [0.15, 0.2) is 83.5 Å². The Hall–Kier alpha value is -5.18. The molecule has 0 amide bonds. The van der Waals surface area contributed by atoms with Gasteiger partial charge in [-0.2, -0.15) is 0 Å². The van der Waals surface area contributed by atoms with Gasteiger partial charge in [0.15, 0.2) is 11.5 Å². The van der Waals surface area contributed by atoms with E-state index in [1.54, 1.807) is 24.4 Å². The molecular formula is C30H22N5O4-. The zero-order chi connectivity index (χ0) is 26.5. The zero-order valence-corrected chi connectivity index (χ0v) is 20.8. The number of fused-ring (bicyclic) bond motifs is 2. The van der Waals surface area contributed by atoms with E-state index in [1.807, 2.05) is 42.5 Å². The molecule has 0 saturated carbocycles. The number of benzene rings is 3. The number of rotatable bonds is 5. The monoisotopic (exact) mass is 516 g/mol. The van der Waals surface area contributed by atoms with E-state index >= 15 is 0 Å². The molecule has 0 unspecified atom stereocenters. The van der Waals surface area contributed by atoms with Gasteiger partial charge in [0.1, 0.15) is 11.3 Å². The molecule has 7 rings (SSSR count). The number of carbonyl (C=O) groups is 2. The standard InChI is InChI=1S/C30H23N5O4/c36-28-20-8-1-2-9-21(20)29-26-25(28)22(32-19-7-5-6-18(16-19)30(37)38)17-23(27(26)33-39-29)34-12-14-35(15-13-34)24-10-3-4-11-31-24/h1-11,16-17,32H,12-15H2,(H,37,38)/p-1. The number of aromatic carboxylic acids is 1. The van der Waals surface area contributed by atoms with Gasteiger partial charge in [0.05, 0.1) is 28.3 Å². The van der Waals surface area contributed by atoms with Crippen molar-refractivity contribution in [2.45, 2.75) is 0 Å². The number of hydrogen-bond acceptors (Lipinski definition) is 9. The fraction of sp³-hybridized carbons (Fsp3) is 0.133. The lowest BCUT2D eigenvalue weighted by Gasteiger charge is -2.37. The first-order valence-corrected chi connectivity index (χ1v) is 12.7. The van der Waals surface area contributed by atoms with Gasteiger partial charge in [-0.1, -0.05) is 47.6 Å². The van der Waals surface area contributed by atoms with Gasteiger partial charge in [0.25, 0.3) is 0 Å². The molecule has 2 aliphatic rings. The topological polar surface area (TPSA) is 115 Å². The molecule has 3 heterocycles. The van der Waals surface area contributed by atoms with E-state index in [9.17, 15) is 14.7 Å². The minimum Gasteiger partial charge on any atom is -0.545 e. The van der Waals surface area contributed by atoms with E-state index < -0.39 is 5.97 Å². The van der Waals surface area contributed by atoms with Gasteiger partial charge in [0.2, 0.25) is 0 Å². The summed E-state index contributed by atoms with van der Waals surface area (Å²) in [6.45, 7) is 2.97. The fourth-order valence-corrected chi connectivity index (χ4v) is 5.48. The molecule has 1 aliphatic carbocycles. The molecule has 1 N–H and O–H groups in total.